The molecule has 1 unspecified atom stereocenters. The summed E-state index contributed by atoms with van der Waals surface area (Å²) in [6, 6.07) is 5.76. The van der Waals surface area contributed by atoms with Crippen LogP contribution in [0, 0.1) is 0 Å². The maximum atomic E-state index is 14.2. The van der Waals surface area contributed by atoms with Crippen LogP contribution in [0.2, 0.25) is 0 Å². The summed E-state index contributed by atoms with van der Waals surface area (Å²) in [5.74, 6) is -1.12. The molecular weight excluding hydrogens is 522 g/mol. The van der Waals surface area contributed by atoms with Gasteiger partial charge >= 0.3 is 12.3 Å². The van der Waals surface area contributed by atoms with Crippen molar-refractivity contribution in [2.75, 3.05) is 36.9 Å². The Hall–Kier alpha value is -3.87. The van der Waals surface area contributed by atoms with Gasteiger partial charge in [-0.3, -0.25) is 19.4 Å². The molecule has 1 aromatic heterocycles. The fraction of sp³-hybridized carbons (Fsp3) is 0.423. The molecule has 3 atom stereocenters. The predicted octanol–water partition coefficient (Wildman–Crippen LogP) is 4.24. The highest BCUT2D eigenvalue weighted by molar-refractivity contribution is 6.07. The summed E-state index contributed by atoms with van der Waals surface area (Å²) in [6.45, 7) is 5.13. The minimum Gasteiger partial charge on any atom is -0.465 e. The molecule has 0 bridgehead atoms. The largest absolute Gasteiger partial charge is 0.465 e. The van der Waals surface area contributed by atoms with Crippen molar-refractivity contribution in [3.63, 3.8) is 0 Å². The fourth-order valence-electron chi connectivity index (χ4n) is 4.91. The lowest BCUT2D eigenvalue weighted by Gasteiger charge is -2.43. The molecule has 4 rings (SSSR count). The number of carbonyl (C=O) groups excluding carboxylic acids is 1. The Morgan fingerprint density at radius 2 is 1.79 bits per heavy atom. The Morgan fingerprint density at radius 3 is 2.41 bits per heavy atom. The lowest BCUT2D eigenvalue weighted by molar-refractivity contribution is -0.138. The highest BCUT2D eigenvalue weighted by atomic mass is 19.4. The number of hydrogen-bond acceptors (Lipinski definition) is 5. The van der Waals surface area contributed by atoms with Gasteiger partial charge in [0.25, 0.3) is 5.91 Å². The summed E-state index contributed by atoms with van der Waals surface area (Å²) >= 11 is 0. The average molecular weight is 552 g/mol. The van der Waals surface area contributed by atoms with E-state index in [1.807, 2.05) is 7.05 Å². The number of aromatic amines is 1. The molecule has 2 aliphatic rings. The maximum absolute atomic E-state index is 14.2. The molecule has 1 aromatic carbocycles. The summed E-state index contributed by atoms with van der Waals surface area (Å²) < 4.78 is 55.1. The number of rotatable bonds is 4. The zero-order chi connectivity index (χ0) is 28.6. The van der Waals surface area contributed by atoms with Gasteiger partial charge in [0.1, 0.15) is 0 Å². The first-order chi connectivity index (χ1) is 18.3. The van der Waals surface area contributed by atoms with Crippen molar-refractivity contribution in [1.29, 1.82) is 0 Å². The molecule has 9 nitrogen and oxygen atoms in total. The van der Waals surface area contributed by atoms with E-state index in [2.05, 4.69) is 33.9 Å². The van der Waals surface area contributed by atoms with E-state index in [4.69, 9.17) is 0 Å². The maximum Gasteiger partial charge on any atom is 0.417 e. The molecule has 210 valence electrons. The van der Waals surface area contributed by atoms with E-state index in [9.17, 15) is 37.1 Å². The normalized spacial score (nSPS) is 22.4. The molecule has 2 aliphatic heterocycles. The van der Waals surface area contributed by atoms with Crippen molar-refractivity contribution in [3.05, 3.63) is 63.6 Å². The zero-order valence-corrected chi connectivity index (χ0v) is 21.6. The Bertz CT molecular complexity index is 1350. The summed E-state index contributed by atoms with van der Waals surface area (Å²) in [5.41, 5.74) is -1.62. The van der Waals surface area contributed by atoms with Gasteiger partial charge in [0.2, 0.25) is 5.56 Å². The van der Waals surface area contributed by atoms with Crippen LogP contribution >= 0.6 is 0 Å². The molecule has 3 heterocycles. The molecule has 39 heavy (non-hydrogen) atoms. The number of halogens is 4. The second-order valence-corrected chi connectivity index (χ2v) is 9.88. The number of pyridine rings is 1. The van der Waals surface area contributed by atoms with Gasteiger partial charge in [-0.2, -0.15) is 13.2 Å². The van der Waals surface area contributed by atoms with Crippen LogP contribution in [0.25, 0.3) is 5.57 Å². The molecule has 0 spiro atoms. The second kappa shape index (κ2) is 10.7. The van der Waals surface area contributed by atoms with Crippen LogP contribution in [0.4, 0.5) is 33.7 Å². The van der Waals surface area contributed by atoms with E-state index in [0.29, 0.717) is 47.1 Å². The average Bonchev–Trinajstić information content (AvgIpc) is 2.86. The monoisotopic (exact) mass is 551 g/mol. The third kappa shape index (κ3) is 5.92. The second-order valence-electron chi connectivity index (χ2n) is 9.88. The Labute approximate surface area is 221 Å². The van der Waals surface area contributed by atoms with Crippen LogP contribution < -0.4 is 15.8 Å². The Morgan fingerprint density at radius 1 is 1.13 bits per heavy atom. The van der Waals surface area contributed by atoms with Crippen LogP contribution in [0.15, 0.2) is 41.3 Å². The van der Waals surface area contributed by atoms with Crippen molar-refractivity contribution in [3.8, 4) is 0 Å². The van der Waals surface area contributed by atoms with E-state index >= 15 is 0 Å². The third-order valence-electron chi connectivity index (χ3n) is 7.28. The van der Waals surface area contributed by atoms with Gasteiger partial charge in [0.15, 0.2) is 6.30 Å². The quantitative estimate of drug-likeness (QED) is 0.388. The summed E-state index contributed by atoms with van der Waals surface area (Å²) in [7, 11) is 2.02. The van der Waals surface area contributed by atoms with Crippen molar-refractivity contribution in [2.24, 2.45) is 0 Å². The number of aromatic nitrogens is 1. The van der Waals surface area contributed by atoms with Crippen LogP contribution in [-0.4, -0.2) is 77.0 Å². The Balaban J connectivity index is 1.76. The van der Waals surface area contributed by atoms with Crippen LogP contribution in [0.1, 0.15) is 41.8 Å². The van der Waals surface area contributed by atoms with Gasteiger partial charge in [-0.25, -0.2) is 9.18 Å². The van der Waals surface area contributed by atoms with Gasteiger partial charge in [0, 0.05) is 55.1 Å². The smallest absolute Gasteiger partial charge is 0.417 e. The first-order valence-corrected chi connectivity index (χ1v) is 12.3. The van der Waals surface area contributed by atoms with Crippen molar-refractivity contribution >= 4 is 28.9 Å². The summed E-state index contributed by atoms with van der Waals surface area (Å²) in [4.78, 5) is 43.3. The minimum atomic E-state index is -4.96. The van der Waals surface area contributed by atoms with Crippen LogP contribution in [0.3, 0.4) is 0 Å². The lowest BCUT2D eigenvalue weighted by atomic mass is 9.97. The van der Waals surface area contributed by atoms with E-state index in [1.54, 1.807) is 18.2 Å². The number of carboxylic acid groups (broad SMARTS) is 1. The number of likely N-dealkylation sites (N-methyl/N-ethyl adjacent to an activating group) is 1. The number of nitrogens with zero attached hydrogens (tertiary/aromatic N) is 3. The number of nitrogens with one attached hydrogen (secondary N) is 2. The van der Waals surface area contributed by atoms with Crippen molar-refractivity contribution in [2.45, 2.75) is 44.8 Å². The molecule has 0 radical (unpaired) electrons. The molecule has 1 fully saturated rings. The molecule has 1 saturated heterocycles. The number of anilines is 2. The van der Waals surface area contributed by atoms with E-state index < -0.39 is 41.2 Å². The Kier molecular flexibility index (Phi) is 7.73. The number of benzene rings is 1. The number of carbonyl (C=O) groups is 2. The first kappa shape index (κ1) is 28.1. The zero-order valence-electron chi connectivity index (χ0n) is 21.6. The molecule has 0 aliphatic carbocycles. The van der Waals surface area contributed by atoms with Crippen LogP contribution in [0.5, 0.6) is 0 Å². The molecule has 0 saturated carbocycles. The number of hydrogen-bond donors (Lipinski definition) is 3. The van der Waals surface area contributed by atoms with Gasteiger partial charge in [-0.05, 0) is 38.6 Å². The molecule has 2 aromatic rings. The van der Waals surface area contributed by atoms with Crippen molar-refractivity contribution < 1.29 is 32.3 Å². The lowest BCUT2D eigenvalue weighted by Crippen LogP contribution is -2.55. The number of piperazine rings is 1. The third-order valence-corrected chi connectivity index (χ3v) is 7.28. The standard InChI is InChI=1S/C26H29F4N5O4/c1-14-11-34(12-15(2)33(14)3)17-5-6-18(16-4-7-22(27)35(13-16)25(38)39)21(8-17)32-24(37)19-10-31-23(36)9-20(19)26(28,29)30/h4-6,8-10,14-15,22H,7,11-13H2,1-3H3,(H,31,36)(H,32,37)(H,38,39)/t14-,15+,22?. The number of amides is 2. The van der Waals surface area contributed by atoms with E-state index in [0.717, 1.165) is 0 Å². The number of alkyl halides is 4. The highest BCUT2D eigenvalue weighted by Crippen LogP contribution is 2.35. The van der Waals surface area contributed by atoms with E-state index in [-0.39, 0.29) is 30.7 Å². The summed E-state index contributed by atoms with van der Waals surface area (Å²) in [5, 5.41) is 11.9. The molecule has 2 amide bonds. The fourth-order valence-corrected chi connectivity index (χ4v) is 4.91. The molecule has 13 heteroatoms. The van der Waals surface area contributed by atoms with Crippen molar-refractivity contribution in [1.82, 2.24) is 14.8 Å². The minimum absolute atomic E-state index is 0.130. The van der Waals surface area contributed by atoms with Gasteiger partial charge in [-0.15, -0.1) is 0 Å². The number of H-pyrrole nitrogens is 1. The van der Waals surface area contributed by atoms with Gasteiger partial charge in [0.05, 0.1) is 23.4 Å². The first-order valence-electron chi connectivity index (χ1n) is 12.3. The van der Waals surface area contributed by atoms with E-state index in [1.165, 1.54) is 6.08 Å². The highest BCUT2D eigenvalue weighted by Gasteiger charge is 2.36. The predicted molar refractivity (Wildman–Crippen MR) is 138 cm³/mol. The van der Waals surface area contributed by atoms with Crippen LogP contribution in [-0.2, 0) is 6.18 Å². The molecule has 3 N–H and O–H groups in total. The summed E-state index contributed by atoms with van der Waals surface area (Å²) in [6.07, 6.45) is -6.17. The topological polar surface area (TPSA) is 109 Å². The SMILES string of the molecule is C[C@@H]1CN(c2ccc(C3=CCC(F)N(C(=O)O)C3)c(NC(=O)c3c[nH]c(=O)cc3C(F)(F)F)c2)C[C@H](C)N1C. The van der Waals surface area contributed by atoms with Gasteiger partial charge < -0.3 is 20.3 Å². The van der Waals surface area contributed by atoms with Gasteiger partial charge in [-0.1, -0.05) is 12.1 Å². The molecular formula is C26H29F4N5O4.